The van der Waals surface area contributed by atoms with Gasteiger partial charge in [-0.25, -0.2) is 0 Å². The molecule has 104 valence electrons. The van der Waals surface area contributed by atoms with Gasteiger partial charge in [0.05, 0.1) is 23.7 Å². The van der Waals surface area contributed by atoms with E-state index in [9.17, 15) is 19.6 Å². The number of nitrogens with zero attached hydrogens (tertiary/aromatic N) is 1. The van der Waals surface area contributed by atoms with E-state index in [1.165, 1.54) is 6.07 Å². The Bertz CT molecular complexity index is 458. The number of hydrogen-bond acceptors (Lipinski definition) is 4. The van der Waals surface area contributed by atoms with Gasteiger partial charge in [0.1, 0.15) is 0 Å². The van der Waals surface area contributed by atoms with Crippen molar-refractivity contribution in [3.63, 3.8) is 0 Å². The average molecular weight is 269 g/mol. The second kappa shape index (κ2) is 6.08. The first-order valence-electron chi connectivity index (χ1n) is 6.28. The highest BCUT2D eigenvalue weighted by molar-refractivity contribution is 5.34. The molecule has 1 aromatic carbocycles. The summed E-state index contributed by atoms with van der Waals surface area (Å²) in [4.78, 5) is 9.73. The number of hydrogen-bond donors (Lipinski definition) is 1. The Morgan fingerprint density at radius 3 is 2.63 bits per heavy atom. The lowest BCUT2D eigenvalue weighted by molar-refractivity contribution is -0.387. The Labute approximate surface area is 110 Å². The molecule has 0 spiro atoms. The molecule has 0 aliphatic heterocycles. The molecule has 1 fully saturated rings. The molecule has 0 amide bonds. The zero-order valence-electron chi connectivity index (χ0n) is 10.4. The molecule has 0 bridgehead atoms. The van der Waals surface area contributed by atoms with Gasteiger partial charge in [0.15, 0.2) is 0 Å². The lowest BCUT2D eigenvalue weighted by Crippen LogP contribution is -2.24. The molecule has 5 nitrogen and oxygen atoms in total. The number of benzene rings is 1. The Hall–Kier alpha value is -1.53. The molecule has 1 aliphatic rings. The zero-order valence-corrected chi connectivity index (χ0v) is 10.4. The van der Waals surface area contributed by atoms with E-state index in [0.29, 0.717) is 5.56 Å². The van der Waals surface area contributed by atoms with E-state index in [-0.39, 0.29) is 18.8 Å². The molecule has 1 aliphatic carbocycles. The summed E-state index contributed by atoms with van der Waals surface area (Å²) in [5, 5.41) is 19.8. The van der Waals surface area contributed by atoms with Crippen molar-refractivity contribution < 1.29 is 19.2 Å². The Morgan fingerprint density at radius 2 is 2.05 bits per heavy atom. The molecule has 1 N–H and O–H groups in total. The molecule has 19 heavy (non-hydrogen) atoms. The summed E-state index contributed by atoms with van der Waals surface area (Å²) in [7, 11) is 0. The molecule has 0 atom stereocenters. The summed E-state index contributed by atoms with van der Waals surface area (Å²) in [5.41, 5.74) is 0.0544. The maximum absolute atomic E-state index is 13.4. The van der Waals surface area contributed by atoms with Gasteiger partial charge < -0.3 is 9.84 Å². The van der Waals surface area contributed by atoms with Crippen LogP contribution < -0.4 is 0 Å². The van der Waals surface area contributed by atoms with Crippen molar-refractivity contribution in [2.75, 3.05) is 0 Å². The number of nitro groups is 1. The summed E-state index contributed by atoms with van der Waals surface area (Å²) in [6.45, 7) is 0.232. The van der Waals surface area contributed by atoms with Crippen molar-refractivity contribution in [2.24, 2.45) is 0 Å². The van der Waals surface area contributed by atoms with Crippen LogP contribution >= 0.6 is 0 Å². The van der Waals surface area contributed by atoms with Crippen LogP contribution in [0.5, 0.6) is 0 Å². The smallest absolute Gasteiger partial charge is 0.304 e. The highest BCUT2D eigenvalue weighted by Crippen LogP contribution is 2.23. The van der Waals surface area contributed by atoms with Crippen LogP contribution in [0.2, 0.25) is 0 Å². The zero-order chi connectivity index (χ0) is 13.8. The summed E-state index contributed by atoms with van der Waals surface area (Å²) in [6.07, 6.45) is 2.85. The Morgan fingerprint density at radius 1 is 1.37 bits per heavy atom. The van der Waals surface area contributed by atoms with Gasteiger partial charge in [-0.15, -0.1) is 0 Å². The van der Waals surface area contributed by atoms with Gasteiger partial charge in [-0.1, -0.05) is 0 Å². The fraction of sp³-hybridized carbons (Fsp3) is 0.538. The molecule has 0 aromatic heterocycles. The van der Waals surface area contributed by atoms with Crippen molar-refractivity contribution in [3.8, 4) is 0 Å². The van der Waals surface area contributed by atoms with Gasteiger partial charge in [-0.05, 0) is 43.4 Å². The minimum absolute atomic E-state index is 0.0710. The second-order valence-corrected chi connectivity index (χ2v) is 4.78. The summed E-state index contributed by atoms with van der Waals surface area (Å²) >= 11 is 0. The van der Waals surface area contributed by atoms with Gasteiger partial charge in [-0.3, -0.25) is 10.1 Å². The van der Waals surface area contributed by atoms with Gasteiger partial charge in [0.25, 0.3) is 0 Å². The van der Waals surface area contributed by atoms with E-state index in [0.717, 1.165) is 37.8 Å². The van der Waals surface area contributed by atoms with Crippen LogP contribution in [-0.4, -0.2) is 22.2 Å². The van der Waals surface area contributed by atoms with Crippen LogP contribution in [-0.2, 0) is 11.3 Å². The molecule has 1 saturated carbocycles. The molecule has 6 heteroatoms. The lowest BCUT2D eigenvalue weighted by atomic mass is 9.95. The van der Waals surface area contributed by atoms with Crippen molar-refractivity contribution in [1.29, 1.82) is 0 Å². The molecule has 0 heterocycles. The van der Waals surface area contributed by atoms with Crippen molar-refractivity contribution in [2.45, 2.75) is 44.5 Å². The standard InChI is InChI=1S/C13H16FNO4/c14-12-7-9(1-6-13(12)15(17)18)8-19-11-4-2-10(16)3-5-11/h1,6-7,10-11,16H,2-5,8H2. The summed E-state index contributed by atoms with van der Waals surface area (Å²) < 4.78 is 19.0. The van der Waals surface area contributed by atoms with Crippen LogP contribution in [0.25, 0.3) is 0 Å². The first-order chi connectivity index (χ1) is 9.06. The molecule has 0 unspecified atom stereocenters. The SMILES string of the molecule is O=[N+]([O-])c1ccc(COC2CCC(O)CC2)cc1F. The molecule has 2 rings (SSSR count). The summed E-state index contributed by atoms with van der Waals surface area (Å²) in [5.74, 6) is -0.842. The normalized spacial score (nSPS) is 23.3. The van der Waals surface area contributed by atoms with E-state index >= 15 is 0 Å². The maximum atomic E-state index is 13.4. The fourth-order valence-corrected chi connectivity index (χ4v) is 2.21. The maximum Gasteiger partial charge on any atom is 0.304 e. The molecule has 1 aromatic rings. The van der Waals surface area contributed by atoms with E-state index in [1.54, 1.807) is 0 Å². The fourth-order valence-electron chi connectivity index (χ4n) is 2.21. The number of halogens is 1. The monoisotopic (exact) mass is 269 g/mol. The third-order valence-corrected chi connectivity index (χ3v) is 3.34. The van der Waals surface area contributed by atoms with Gasteiger partial charge in [0, 0.05) is 6.07 Å². The Kier molecular flexibility index (Phi) is 4.44. The van der Waals surface area contributed by atoms with Crippen LogP contribution in [0.3, 0.4) is 0 Å². The van der Waals surface area contributed by atoms with E-state index in [1.807, 2.05) is 0 Å². The predicted molar refractivity (Wildman–Crippen MR) is 66.1 cm³/mol. The first kappa shape index (κ1) is 13.9. The third kappa shape index (κ3) is 3.71. The topological polar surface area (TPSA) is 72.6 Å². The average Bonchev–Trinajstić information content (AvgIpc) is 2.37. The van der Waals surface area contributed by atoms with Gasteiger partial charge in [0.2, 0.25) is 5.82 Å². The summed E-state index contributed by atoms with van der Waals surface area (Å²) in [6, 6.07) is 3.79. The predicted octanol–water partition coefficient (Wildman–Crippen LogP) is 2.55. The molecular formula is C13H16FNO4. The van der Waals surface area contributed by atoms with Crippen LogP contribution in [0, 0.1) is 15.9 Å². The number of aliphatic hydroxyl groups excluding tert-OH is 1. The molecule has 0 saturated heterocycles. The van der Waals surface area contributed by atoms with Gasteiger partial charge in [-0.2, -0.15) is 4.39 Å². The minimum atomic E-state index is -0.842. The van der Waals surface area contributed by atoms with E-state index < -0.39 is 16.4 Å². The third-order valence-electron chi connectivity index (χ3n) is 3.34. The number of ether oxygens (including phenoxy) is 1. The quantitative estimate of drug-likeness (QED) is 0.673. The largest absolute Gasteiger partial charge is 0.393 e. The van der Waals surface area contributed by atoms with Crippen molar-refractivity contribution >= 4 is 5.69 Å². The van der Waals surface area contributed by atoms with Crippen molar-refractivity contribution in [3.05, 3.63) is 39.7 Å². The van der Waals surface area contributed by atoms with Crippen LogP contribution in [0.15, 0.2) is 18.2 Å². The van der Waals surface area contributed by atoms with Crippen LogP contribution in [0.1, 0.15) is 31.2 Å². The molecular weight excluding hydrogens is 253 g/mol. The highest BCUT2D eigenvalue weighted by atomic mass is 19.1. The first-order valence-corrected chi connectivity index (χ1v) is 6.28. The second-order valence-electron chi connectivity index (χ2n) is 4.78. The number of aliphatic hydroxyl groups is 1. The van der Waals surface area contributed by atoms with Crippen LogP contribution in [0.4, 0.5) is 10.1 Å². The Balaban J connectivity index is 1.89. The number of nitro benzene ring substituents is 1. The molecule has 0 radical (unpaired) electrons. The van der Waals surface area contributed by atoms with E-state index in [4.69, 9.17) is 4.74 Å². The van der Waals surface area contributed by atoms with E-state index in [2.05, 4.69) is 0 Å². The van der Waals surface area contributed by atoms with Crippen molar-refractivity contribution in [1.82, 2.24) is 0 Å². The number of rotatable bonds is 4. The van der Waals surface area contributed by atoms with Gasteiger partial charge >= 0.3 is 5.69 Å². The minimum Gasteiger partial charge on any atom is -0.393 e. The lowest BCUT2D eigenvalue weighted by Gasteiger charge is -2.25. The highest BCUT2D eigenvalue weighted by Gasteiger charge is 2.20.